The standard InChI is InChI=1S/C34H35N5O6S/c1-23-10-8-15-37(21-23)46(43,44)29-14-7-11-26(18-29)32-27(22-39(36-32)28-12-5-4-6-13-28)19-30-24(2)31(20-35)34(42)38(33(30)41)16-9-17-45-25(3)40/h4-7,11-14,18-19,22-23H,8-10,15-17,21H2,1-3H3/b30-19+. The van der Waals surface area contributed by atoms with Gasteiger partial charge in [-0.25, -0.2) is 13.1 Å². The number of hydrogen-bond donors (Lipinski definition) is 0. The number of piperidine rings is 1. The Morgan fingerprint density at radius 2 is 1.89 bits per heavy atom. The summed E-state index contributed by atoms with van der Waals surface area (Å²) in [7, 11) is -3.76. The molecule has 2 aliphatic rings. The molecule has 0 bridgehead atoms. The number of rotatable bonds is 9. The number of sulfonamides is 1. The predicted octanol–water partition coefficient (Wildman–Crippen LogP) is 4.51. The van der Waals surface area contributed by atoms with Gasteiger partial charge in [-0.3, -0.25) is 19.3 Å². The van der Waals surface area contributed by atoms with Crippen molar-refractivity contribution in [1.82, 2.24) is 19.0 Å². The fourth-order valence-electron chi connectivity index (χ4n) is 5.67. The molecular formula is C34H35N5O6S. The average Bonchev–Trinajstić information content (AvgIpc) is 3.47. The number of aromatic nitrogens is 2. The van der Waals surface area contributed by atoms with Gasteiger partial charge >= 0.3 is 5.97 Å². The van der Waals surface area contributed by atoms with Crippen molar-refractivity contribution in [2.75, 3.05) is 26.2 Å². The lowest BCUT2D eigenvalue weighted by atomic mass is 9.93. The van der Waals surface area contributed by atoms with Crippen LogP contribution in [0.5, 0.6) is 0 Å². The molecule has 0 N–H and O–H groups in total. The van der Waals surface area contributed by atoms with Crippen LogP contribution in [0.4, 0.5) is 0 Å². The van der Waals surface area contributed by atoms with Gasteiger partial charge in [0, 0.05) is 49.5 Å². The minimum absolute atomic E-state index is 0.0135. The molecule has 2 amide bonds. The van der Waals surface area contributed by atoms with E-state index in [-0.39, 0.29) is 47.1 Å². The Balaban J connectivity index is 1.60. The summed E-state index contributed by atoms with van der Waals surface area (Å²) in [5.41, 5.74) is 2.34. The quantitative estimate of drug-likeness (QED) is 0.144. The van der Waals surface area contributed by atoms with Gasteiger partial charge in [0.15, 0.2) is 0 Å². The van der Waals surface area contributed by atoms with Crippen LogP contribution in [0.2, 0.25) is 0 Å². The molecule has 1 fully saturated rings. The summed E-state index contributed by atoms with van der Waals surface area (Å²) >= 11 is 0. The zero-order valence-corrected chi connectivity index (χ0v) is 26.8. The molecule has 12 heteroatoms. The maximum atomic E-state index is 13.7. The minimum atomic E-state index is -3.76. The van der Waals surface area contributed by atoms with E-state index in [4.69, 9.17) is 9.84 Å². The van der Waals surface area contributed by atoms with Crippen molar-refractivity contribution in [3.63, 3.8) is 0 Å². The Labute approximate surface area is 268 Å². The van der Waals surface area contributed by atoms with E-state index in [1.54, 1.807) is 48.1 Å². The zero-order valence-electron chi connectivity index (χ0n) is 26.0. The maximum absolute atomic E-state index is 13.7. The van der Waals surface area contributed by atoms with E-state index in [2.05, 4.69) is 0 Å². The molecule has 0 spiro atoms. The van der Waals surface area contributed by atoms with Crippen molar-refractivity contribution < 1.29 is 27.5 Å². The van der Waals surface area contributed by atoms with E-state index in [1.807, 2.05) is 43.3 Å². The summed E-state index contributed by atoms with van der Waals surface area (Å²) in [6.45, 7) is 5.74. The first-order chi connectivity index (χ1) is 22.0. The van der Waals surface area contributed by atoms with Gasteiger partial charge in [0.2, 0.25) is 10.0 Å². The number of amides is 2. The molecule has 1 unspecified atom stereocenters. The van der Waals surface area contributed by atoms with Crippen LogP contribution >= 0.6 is 0 Å². The molecule has 11 nitrogen and oxygen atoms in total. The van der Waals surface area contributed by atoms with Gasteiger partial charge in [-0.1, -0.05) is 37.3 Å². The first-order valence-corrected chi connectivity index (χ1v) is 16.5. The summed E-state index contributed by atoms with van der Waals surface area (Å²) in [6.07, 6.45) is 5.29. The van der Waals surface area contributed by atoms with Crippen LogP contribution in [-0.4, -0.2) is 71.4 Å². The molecular weight excluding hydrogens is 606 g/mol. The van der Waals surface area contributed by atoms with E-state index >= 15 is 0 Å². The van der Waals surface area contributed by atoms with Crippen LogP contribution in [0.15, 0.2) is 82.4 Å². The third-order valence-corrected chi connectivity index (χ3v) is 9.95. The summed E-state index contributed by atoms with van der Waals surface area (Å²) < 4.78 is 35.4. The number of carbonyl (C=O) groups excluding carboxylic acids is 3. The Morgan fingerprint density at radius 3 is 2.59 bits per heavy atom. The average molecular weight is 642 g/mol. The number of imide groups is 1. The number of para-hydroxylation sites is 1. The Kier molecular flexibility index (Phi) is 9.65. The largest absolute Gasteiger partial charge is 0.466 e. The van der Waals surface area contributed by atoms with Gasteiger partial charge in [0.1, 0.15) is 17.3 Å². The fourth-order valence-corrected chi connectivity index (χ4v) is 7.32. The molecule has 2 aromatic carbocycles. The van der Waals surface area contributed by atoms with Crippen molar-refractivity contribution in [2.45, 2.75) is 44.9 Å². The third-order valence-electron chi connectivity index (χ3n) is 8.08. The smallest absolute Gasteiger partial charge is 0.302 e. The van der Waals surface area contributed by atoms with Crippen molar-refractivity contribution in [1.29, 1.82) is 5.26 Å². The number of benzene rings is 2. The Bertz CT molecular complexity index is 1890. The van der Waals surface area contributed by atoms with Crippen LogP contribution in [-0.2, 0) is 29.1 Å². The molecule has 238 valence electrons. The molecule has 3 heterocycles. The number of hydrogen-bond acceptors (Lipinski definition) is 8. The first kappa shape index (κ1) is 32.5. The summed E-state index contributed by atoms with van der Waals surface area (Å²) in [5.74, 6) is -1.52. The Morgan fingerprint density at radius 1 is 1.13 bits per heavy atom. The number of esters is 1. The lowest BCUT2D eigenvalue weighted by Crippen LogP contribution is -2.43. The molecule has 0 saturated carbocycles. The molecule has 1 aromatic heterocycles. The molecule has 0 aliphatic carbocycles. The SMILES string of the molecule is CC(=O)OCCCN1C(=O)C(C#N)=C(C)/C(=C\c2cn(-c3ccccc3)nc2-c2cccc(S(=O)(=O)N3CCCC(C)C3)c2)C1=O. The van der Waals surface area contributed by atoms with Crippen LogP contribution < -0.4 is 0 Å². The predicted molar refractivity (Wildman–Crippen MR) is 170 cm³/mol. The van der Waals surface area contributed by atoms with E-state index < -0.39 is 27.8 Å². The summed E-state index contributed by atoms with van der Waals surface area (Å²) in [5, 5.41) is 14.6. The zero-order chi connectivity index (χ0) is 33.0. The second-order valence-electron chi connectivity index (χ2n) is 11.5. The number of nitriles is 1. The van der Waals surface area contributed by atoms with Crippen LogP contribution in [0.25, 0.3) is 23.0 Å². The van der Waals surface area contributed by atoms with Crippen LogP contribution in [0.1, 0.15) is 45.6 Å². The topological polar surface area (TPSA) is 143 Å². The normalized spacial score (nSPS) is 18.6. The lowest BCUT2D eigenvalue weighted by molar-refractivity contribution is -0.141. The summed E-state index contributed by atoms with van der Waals surface area (Å²) in [4.78, 5) is 39.1. The number of ether oxygens (including phenoxy) is 1. The highest BCUT2D eigenvalue weighted by atomic mass is 32.2. The van der Waals surface area contributed by atoms with Gasteiger partial charge in [-0.05, 0) is 68.0 Å². The molecule has 46 heavy (non-hydrogen) atoms. The van der Waals surface area contributed by atoms with Gasteiger partial charge in [-0.2, -0.15) is 14.7 Å². The number of carbonyl (C=O) groups is 3. The first-order valence-electron chi connectivity index (χ1n) is 15.1. The molecule has 3 aromatic rings. The van der Waals surface area contributed by atoms with E-state index in [9.17, 15) is 28.1 Å². The molecule has 0 radical (unpaired) electrons. The van der Waals surface area contributed by atoms with Crippen molar-refractivity contribution >= 4 is 33.9 Å². The van der Waals surface area contributed by atoms with Crippen molar-refractivity contribution in [3.8, 4) is 23.0 Å². The monoisotopic (exact) mass is 641 g/mol. The molecule has 2 aliphatic heterocycles. The van der Waals surface area contributed by atoms with E-state index in [1.165, 1.54) is 11.2 Å². The maximum Gasteiger partial charge on any atom is 0.302 e. The fraction of sp³-hybridized carbons (Fsp3) is 0.324. The minimum Gasteiger partial charge on any atom is -0.466 e. The third kappa shape index (κ3) is 6.71. The van der Waals surface area contributed by atoms with E-state index in [0.29, 0.717) is 29.9 Å². The molecule has 5 rings (SSSR count). The summed E-state index contributed by atoms with van der Waals surface area (Å²) in [6, 6.07) is 17.8. The second-order valence-corrected chi connectivity index (χ2v) is 13.4. The highest BCUT2D eigenvalue weighted by Gasteiger charge is 2.35. The van der Waals surface area contributed by atoms with Gasteiger partial charge in [0.25, 0.3) is 11.8 Å². The Hall–Kier alpha value is -4.86. The lowest BCUT2D eigenvalue weighted by Gasteiger charge is -2.30. The van der Waals surface area contributed by atoms with E-state index in [0.717, 1.165) is 23.4 Å². The van der Waals surface area contributed by atoms with Crippen molar-refractivity contribution in [3.05, 3.63) is 83.1 Å². The highest BCUT2D eigenvalue weighted by molar-refractivity contribution is 7.89. The van der Waals surface area contributed by atoms with Crippen LogP contribution in [0, 0.1) is 17.2 Å². The number of nitrogens with zero attached hydrogens (tertiary/aromatic N) is 5. The van der Waals surface area contributed by atoms with Gasteiger partial charge in [0.05, 0.1) is 17.2 Å². The van der Waals surface area contributed by atoms with Crippen LogP contribution in [0.3, 0.4) is 0 Å². The highest BCUT2D eigenvalue weighted by Crippen LogP contribution is 2.33. The van der Waals surface area contributed by atoms with Crippen molar-refractivity contribution in [2.24, 2.45) is 5.92 Å². The molecule has 1 atom stereocenters. The second kappa shape index (κ2) is 13.6. The van der Waals surface area contributed by atoms with Gasteiger partial charge < -0.3 is 4.74 Å². The van der Waals surface area contributed by atoms with Gasteiger partial charge in [-0.15, -0.1) is 0 Å². The molecule has 1 saturated heterocycles.